The first-order valence-electron chi connectivity index (χ1n) is 10.5. The number of amides is 3. The van der Waals surface area contributed by atoms with Crippen LogP contribution in [0, 0.1) is 12.8 Å². The van der Waals surface area contributed by atoms with Crippen molar-refractivity contribution in [1.29, 1.82) is 0 Å². The number of hydrogen-bond acceptors (Lipinski definition) is 3. The minimum atomic E-state index is -0.750. The quantitative estimate of drug-likeness (QED) is 0.511. The van der Waals surface area contributed by atoms with Gasteiger partial charge in [-0.05, 0) is 48.7 Å². The third-order valence-corrected chi connectivity index (χ3v) is 5.09. The Morgan fingerprint density at radius 1 is 0.688 bits per heavy atom. The number of aryl methyl sites for hydroxylation is 1. The summed E-state index contributed by atoms with van der Waals surface area (Å²) in [6, 6.07) is 22.2. The molecule has 3 rings (SSSR count). The van der Waals surface area contributed by atoms with Gasteiger partial charge in [-0.15, -0.1) is 0 Å². The first kappa shape index (κ1) is 22.7. The molecule has 0 saturated carbocycles. The van der Waals surface area contributed by atoms with Crippen molar-refractivity contribution >= 4 is 29.1 Å². The Bertz CT molecular complexity index is 1110. The fraction of sp³-hybridized carbons (Fsp3) is 0.192. The standard InChI is InChI=1S/C26H27N3O3/c1-17(2)23(26(32)27-21-15-9-7-11-18(21)3)29-25(31)20-14-8-10-16-22(20)28-24(30)19-12-5-4-6-13-19/h4-17,23H,1-3H3,(H,27,32)(H,28,30)(H,29,31)/t23-/m0/s1. The minimum absolute atomic E-state index is 0.144. The monoisotopic (exact) mass is 429 g/mol. The van der Waals surface area contributed by atoms with Crippen LogP contribution in [0.5, 0.6) is 0 Å². The molecule has 0 radical (unpaired) electrons. The highest BCUT2D eigenvalue weighted by molar-refractivity contribution is 6.10. The normalized spacial score (nSPS) is 11.5. The summed E-state index contributed by atoms with van der Waals surface area (Å²) in [5.74, 6) is -1.20. The lowest BCUT2D eigenvalue weighted by Gasteiger charge is -2.23. The molecule has 6 heteroatoms. The number of benzene rings is 3. The van der Waals surface area contributed by atoms with Crippen molar-refractivity contribution in [3.63, 3.8) is 0 Å². The van der Waals surface area contributed by atoms with Crippen molar-refractivity contribution in [2.45, 2.75) is 26.8 Å². The van der Waals surface area contributed by atoms with Crippen molar-refractivity contribution < 1.29 is 14.4 Å². The fourth-order valence-corrected chi connectivity index (χ4v) is 3.25. The van der Waals surface area contributed by atoms with Crippen molar-refractivity contribution in [3.05, 3.63) is 95.6 Å². The molecule has 32 heavy (non-hydrogen) atoms. The molecule has 164 valence electrons. The van der Waals surface area contributed by atoms with Gasteiger partial charge in [0.05, 0.1) is 11.3 Å². The molecular weight excluding hydrogens is 402 g/mol. The summed E-state index contributed by atoms with van der Waals surface area (Å²) < 4.78 is 0. The van der Waals surface area contributed by atoms with Gasteiger partial charge in [0.25, 0.3) is 11.8 Å². The van der Waals surface area contributed by atoms with Gasteiger partial charge in [-0.3, -0.25) is 14.4 Å². The molecule has 0 saturated heterocycles. The lowest BCUT2D eigenvalue weighted by atomic mass is 10.0. The number of hydrogen-bond donors (Lipinski definition) is 3. The molecule has 0 heterocycles. The van der Waals surface area contributed by atoms with E-state index < -0.39 is 11.9 Å². The van der Waals surface area contributed by atoms with Crippen LogP contribution in [0.4, 0.5) is 11.4 Å². The van der Waals surface area contributed by atoms with Crippen LogP contribution in [0.1, 0.15) is 40.1 Å². The zero-order valence-corrected chi connectivity index (χ0v) is 18.4. The average Bonchev–Trinajstić information content (AvgIpc) is 2.79. The summed E-state index contributed by atoms with van der Waals surface area (Å²) in [4.78, 5) is 38.6. The molecule has 0 bridgehead atoms. The van der Waals surface area contributed by atoms with E-state index in [1.54, 1.807) is 48.5 Å². The first-order chi connectivity index (χ1) is 15.4. The van der Waals surface area contributed by atoms with E-state index in [0.29, 0.717) is 16.9 Å². The molecule has 1 atom stereocenters. The molecule has 0 unspecified atom stereocenters. The van der Waals surface area contributed by atoms with Crippen LogP contribution in [0.15, 0.2) is 78.9 Å². The number of nitrogens with one attached hydrogen (secondary N) is 3. The Morgan fingerprint density at radius 3 is 1.94 bits per heavy atom. The van der Waals surface area contributed by atoms with E-state index in [2.05, 4.69) is 16.0 Å². The van der Waals surface area contributed by atoms with Crippen LogP contribution in [0.3, 0.4) is 0 Å². The summed E-state index contributed by atoms with van der Waals surface area (Å²) in [5, 5.41) is 8.50. The van der Waals surface area contributed by atoms with Gasteiger partial charge in [-0.1, -0.05) is 62.4 Å². The highest BCUT2D eigenvalue weighted by Crippen LogP contribution is 2.18. The zero-order valence-electron chi connectivity index (χ0n) is 18.4. The molecule has 3 N–H and O–H groups in total. The molecule has 3 aromatic rings. The third kappa shape index (κ3) is 5.60. The van der Waals surface area contributed by atoms with Crippen LogP contribution < -0.4 is 16.0 Å². The second kappa shape index (κ2) is 10.4. The number of carbonyl (C=O) groups is 3. The molecule has 3 aromatic carbocycles. The Kier molecular flexibility index (Phi) is 7.39. The molecular formula is C26H27N3O3. The maximum absolute atomic E-state index is 13.1. The van der Waals surface area contributed by atoms with Crippen LogP contribution >= 0.6 is 0 Å². The average molecular weight is 430 g/mol. The maximum atomic E-state index is 13.1. The van der Waals surface area contributed by atoms with E-state index in [9.17, 15) is 14.4 Å². The molecule has 0 fully saturated rings. The Morgan fingerprint density at radius 2 is 1.28 bits per heavy atom. The van der Waals surface area contributed by atoms with E-state index in [0.717, 1.165) is 5.56 Å². The number of para-hydroxylation sites is 2. The summed E-state index contributed by atoms with van der Waals surface area (Å²) >= 11 is 0. The highest BCUT2D eigenvalue weighted by Gasteiger charge is 2.26. The molecule has 0 spiro atoms. The fourth-order valence-electron chi connectivity index (χ4n) is 3.25. The topological polar surface area (TPSA) is 87.3 Å². The molecule has 0 aliphatic heterocycles. The predicted octanol–water partition coefficient (Wildman–Crippen LogP) is 4.64. The molecule has 0 aliphatic carbocycles. The van der Waals surface area contributed by atoms with Gasteiger partial charge < -0.3 is 16.0 Å². The van der Waals surface area contributed by atoms with Crippen molar-refractivity contribution in [3.8, 4) is 0 Å². The lowest BCUT2D eigenvalue weighted by Crippen LogP contribution is -2.47. The summed E-state index contributed by atoms with van der Waals surface area (Å²) in [6.45, 7) is 5.64. The van der Waals surface area contributed by atoms with Gasteiger partial charge in [-0.2, -0.15) is 0 Å². The van der Waals surface area contributed by atoms with Gasteiger partial charge in [0, 0.05) is 11.3 Å². The Balaban J connectivity index is 1.76. The van der Waals surface area contributed by atoms with E-state index in [1.165, 1.54) is 0 Å². The van der Waals surface area contributed by atoms with Gasteiger partial charge in [-0.25, -0.2) is 0 Å². The van der Waals surface area contributed by atoms with Gasteiger partial charge >= 0.3 is 0 Å². The summed E-state index contributed by atoms with van der Waals surface area (Å²) in [7, 11) is 0. The smallest absolute Gasteiger partial charge is 0.255 e. The highest BCUT2D eigenvalue weighted by atomic mass is 16.2. The number of carbonyl (C=O) groups excluding carboxylic acids is 3. The van der Waals surface area contributed by atoms with E-state index >= 15 is 0 Å². The van der Waals surface area contributed by atoms with Gasteiger partial charge in [0.2, 0.25) is 5.91 Å². The van der Waals surface area contributed by atoms with Crippen molar-refractivity contribution in [2.75, 3.05) is 10.6 Å². The summed E-state index contributed by atoms with van der Waals surface area (Å²) in [5.41, 5.74) is 2.78. The predicted molar refractivity (Wildman–Crippen MR) is 127 cm³/mol. The zero-order chi connectivity index (χ0) is 23.1. The minimum Gasteiger partial charge on any atom is -0.340 e. The maximum Gasteiger partial charge on any atom is 0.255 e. The molecule has 0 aromatic heterocycles. The van der Waals surface area contributed by atoms with E-state index in [1.807, 2.05) is 51.1 Å². The lowest BCUT2D eigenvalue weighted by molar-refractivity contribution is -0.118. The molecule has 3 amide bonds. The second-order valence-electron chi connectivity index (χ2n) is 7.87. The van der Waals surface area contributed by atoms with E-state index in [-0.39, 0.29) is 23.3 Å². The van der Waals surface area contributed by atoms with Crippen LogP contribution in [-0.2, 0) is 4.79 Å². The van der Waals surface area contributed by atoms with Crippen LogP contribution in [0.25, 0.3) is 0 Å². The van der Waals surface area contributed by atoms with Crippen LogP contribution in [-0.4, -0.2) is 23.8 Å². The van der Waals surface area contributed by atoms with E-state index in [4.69, 9.17) is 0 Å². The second-order valence-corrected chi connectivity index (χ2v) is 7.87. The molecule has 6 nitrogen and oxygen atoms in total. The van der Waals surface area contributed by atoms with Gasteiger partial charge in [0.15, 0.2) is 0 Å². The van der Waals surface area contributed by atoms with Crippen molar-refractivity contribution in [1.82, 2.24) is 5.32 Å². The van der Waals surface area contributed by atoms with Crippen molar-refractivity contribution in [2.24, 2.45) is 5.92 Å². The number of anilines is 2. The van der Waals surface area contributed by atoms with Gasteiger partial charge in [0.1, 0.15) is 6.04 Å². The SMILES string of the molecule is Cc1ccccc1NC(=O)[C@@H](NC(=O)c1ccccc1NC(=O)c1ccccc1)C(C)C. The van der Waals surface area contributed by atoms with Crippen LogP contribution in [0.2, 0.25) is 0 Å². The molecule has 0 aliphatic rings. The Labute approximate surface area is 188 Å². The number of rotatable bonds is 7. The first-order valence-corrected chi connectivity index (χ1v) is 10.5. The summed E-state index contributed by atoms with van der Waals surface area (Å²) in [6.07, 6.45) is 0. The Hall–Kier alpha value is -3.93. The third-order valence-electron chi connectivity index (χ3n) is 5.09. The largest absolute Gasteiger partial charge is 0.340 e.